The topological polar surface area (TPSA) is 38.4 Å². The molecular weight excluding hydrogens is 160 g/mol. The predicted molar refractivity (Wildman–Crippen MR) is 55.7 cm³/mol. The number of amidine groups is 1. The van der Waals surface area contributed by atoms with Crippen LogP contribution in [-0.2, 0) is 0 Å². The zero-order valence-electron chi connectivity index (χ0n) is 8.66. The molecular formula is C11H20N2. The average Bonchev–Trinajstić information content (AvgIpc) is 2.74. The first-order valence-corrected chi connectivity index (χ1v) is 5.56. The lowest BCUT2D eigenvalue weighted by Gasteiger charge is -2.13. The minimum Gasteiger partial charge on any atom is -0.387 e. The molecule has 0 amide bonds. The van der Waals surface area contributed by atoms with E-state index in [1.54, 1.807) is 0 Å². The fourth-order valence-electron chi connectivity index (χ4n) is 2.84. The van der Waals surface area contributed by atoms with Gasteiger partial charge < -0.3 is 5.73 Å². The van der Waals surface area contributed by atoms with E-state index in [4.69, 9.17) is 5.73 Å². The maximum absolute atomic E-state index is 5.78. The number of nitrogens with zero attached hydrogens (tertiary/aromatic N) is 1. The second-order valence-electron chi connectivity index (χ2n) is 4.68. The molecule has 0 saturated heterocycles. The summed E-state index contributed by atoms with van der Waals surface area (Å²) in [5, 5.41) is 0. The number of fused-ring (bicyclic) bond motifs is 1. The Labute approximate surface area is 80.6 Å². The highest BCUT2D eigenvalue weighted by Crippen LogP contribution is 2.52. The number of hydrogen-bond acceptors (Lipinski definition) is 2. The normalized spacial score (nSPS) is 42.5. The molecule has 2 aliphatic rings. The van der Waals surface area contributed by atoms with Crippen molar-refractivity contribution in [1.29, 1.82) is 0 Å². The molecule has 1 fully saturated rings. The summed E-state index contributed by atoms with van der Waals surface area (Å²) in [5.41, 5.74) is 5.78. The maximum Gasteiger partial charge on any atom is 0.0943 e. The van der Waals surface area contributed by atoms with Gasteiger partial charge in [0.25, 0.3) is 0 Å². The summed E-state index contributed by atoms with van der Waals surface area (Å²) in [6.07, 6.45) is 5.07. The lowest BCUT2D eigenvalue weighted by molar-refractivity contribution is 0.462. The molecule has 13 heavy (non-hydrogen) atoms. The molecule has 2 N–H and O–H groups in total. The van der Waals surface area contributed by atoms with Gasteiger partial charge in [0.05, 0.1) is 11.9 Å². The quantitative estimate of drug-likeness (QED) is 0.710. The van der Waals surface area contributed by atoms with Crippen molar-refractivity contribution < 1.29 is 0 Å². The Bertz CT molecular complexity index is 222. The molecule has 0 unspecified atom stereocenters. The van der Waals surface area contributed by atoms with E-state index >= 15 is 0 Å². The fourth-order valence-corrected chi connectivity index (χ4v) is 2.84. The summed E-state index contributed by atoms with van der Waals surface area (Å²) >= 11 is 0. The third-order valence-electron chi connectivity index (χ3n) is 3.58. The van der Waals surface area contributed by atoms with Gasteiger partial charge in [0.1, 0.15) is 0 Å². The molecule has 1 heterocycles. The second-order valence-corrected chi connectivity index (χ2v) is 4.68. The molecule has 1 aliphatic carbocycles. The lowest BCUT2D eigenvalue weighted by atomic mass is 9.97. The molecule has 2 nitrogen and oxygen atoms in total. The minimum atomic E-state index is 0.607. The third-order valence-corrected chi connectivity index (χ3v) is 3.58. The Balaban J connectivity index is 1.92. The van der Waals surface area contributed by atoms with E-state index in [1.165, 1.54) is 19.3 Å². The lowest BCUT2D eigenvalue weighted by Crippen LogP contribution is -2.22. The van der Waals surface area contributed by atoms with Gasteiger partial charge in [-0.1, -0.05) is 26.7 Å². The highest BCUT2D eigenvalue weighted by molar-refractivity contribution is 5.82. The van der Waals surface area contributed by atoms with Crippen LogP contribution < -0.4 is 5.73 Å². The number of rotatable bonds is 3. The van der Waals surface area contributed by atoms with Crippen molar-refractivity contribution in [2.45, 2.75) is 45.6 Å². The smallest absolute Gasteiger partial charge is 0.0943 e. The van der Waals surface area contributed by atoms with E-state index in [-0.39, 0.29) is 0 Å². The maximum atomic E-state index is 5.78. The molecule has 1 aliphatic heterocycles. The van der Waals surface area contributed by atoms with E-state index in [1.807, 2.05) is 0 Å². The molecule has 0 aromatic rings. The number of aliphatic imine (C=N–C) groups is 1. The SMILES string of the molecule is CCCC[C@H]1[C@H]2N=C(N)C[C@H](C)[C@@H]12. The average molecular weight is 180 g/mol. The summed E-state index contributed by atoms with van der Waals surface area (Å²) in [5.74, 6) is 3.42. The van der Waals surface area contributed by atoms with Gasteiger partial charge in [0.15, 0.2) is 0 Å². The zero-order chi connectivity index (χ0) is 9.42. The Hall–Kier alpha value is -0.530. The van der Waals surface area contributed by atoms with Gasteiger partial charge in [-0.2, -0.15) is 0 Å². The highest BCUT2D eigenvalue weighted by atomic mass is 15.0. The van der Waals surface area contributed by atoms with Crippen LogP contribution >= 0.6 is 0 Å². The van der Waals surface area contributed by atoms with Gasteiger partial charge in [-0.3, -0.25) is 4.99 Å². The van der Waals surface area contributed by atoms with Gasteiger partial charge in [-0.05, 0) is 24.2 Å². The van der Waals surface area contributed by atoms with Crippen LogP contribution in [0.25, 0.3) is 0 Å². The molecule has 4 atom stereocenters. The van der Waals surface area contributed by atoms with Gasteiger partial charge in [0.2, 0.25) is 0 Å². The fraction of sp³-hybridized carbons (Fsp3) is 0.909. The van der Waals surface area contributed by atoms with Crippen LogP contribution in [-0.4, -0.2) is 11.9 Å². The highest BCUT2D eigenvalue weighted by Gasteiger charge is 2.54. The van der Waals surface area contributed by atoms with Crippen molar-refractivity contribution in [3.05, 3.63) is 0 Å². The van der Waals surface area contributed by atoms with E-state index < -0.39 is 0 Å². The first-order valence-electron chi connectivity index (χ1n) is 5.56. The molecule has 0 aromatic heterocycles. The first-order chi connectivity index (χ1) is 6.24. The van der Waals surface area contributed by atoms with Gasteiger partial charge in [0, 0.05) is 6.42 Å². The molecule has 2 heteroatoms. The van der Waals surface area contributed by atoms with Crippen molar-refractivity contribution in [2.75, 3.05) is 0 Å². The monoisotopic (exact) mass is 180 g/mol. The zero-order valence-corrected chi connectivity index (χ0v) is 8.66. The number of hydrogen-bond donors (Lipinski definition) is 1. The van der Waals surface area contributed by atoms with Crippen molar-refractivity contribution in [3.63, 3.8) is 0 Å². The van der Waals surface area contributed by atoms with Crippen LogP contribution in [0.2, 0.25) is 0 Å². The van der Waals surface area contributed by atoms with Crippen molar-refractivity contribution in [1.82, 2.24) is 0 Å². The predicted octanol–water partition coefficient (Wildman–Crippen LogP) is 2.19. The minimum absolute atomic E-state index is 0.607. The van der Waals surface area contributed by atoms with Crippen molar-refractivity contribution in [2.24, 2.45) is 28.5 Å². The van der Waals surface area contributed by atoms with Crippen LogP contribution in [0.3, 0.4) is 0 Å². The Morgan fingerprint density at radius 3 is 3.00 bits per heavy atom. The summed E-state index contributed by atoms with van der Waals surface area (Å²) in [7, 11) is 0. The summed E-state index contributed by atoms with van der Waals surface area (Å²) in [6.45, 7) is 4.58. The molecule has 1 saturated carbocycles. The van der Waals surface area contributed by atoms with Gasteiger partial charge >= 0.3 is 0 Å². The van der Waals surface area contributed by atoms with E-state index in [0.717, 1.165) is 30.0 Å². The van der Waals surface area contributed by atoms with Crippen LogP contribution in [0.5, 0.6) is 0 Å². The van der Waals surface area contributed by atoms with E-state index in [0.29, 0.717) is 6.04 Å². The van der Waals surface area contributed by atoms with Gasteiger partial charge in [-0.15, -0.1) is 0 Å². The number of nitrogens with two attached hydrogens (primary N) is 1. The van der Waals surface area contributed by atoms with Gasteiger partial charge in [-0.25, -0.2) is 0 Å². The summed E-state index contributed by atoms with van der Waals surface area (Å²) < 4.78 is 0. The van der Waals surface area contributed by atoms with Crippen molar-refractivity contribution in [3.8, 4) is 0 Å². The molecule has 2 rings (SSSR count). The second kappa shape index (κ2) is 3.32. The molecule has 0 bridgehead atoms. The van der Waals surface area contributed by atoms with Crippen molar-refractivity contribution >= 4 is 5.84 Å². The largest absolute Gasteiger partial charge is 0.387 e. The van der Waals surface area contributed by atoms with E-state index in [9.17, 15) is 0 Å². The van der Waals surface area contributed by atoms with E-state index in [2.05, 4.69) is 18.8 Å². The Morgan fingerprint density at radius 2 is 2.31 bits per heavy atom. The van der Waals surface area contributed by atoms with Crippen LogP contribution in [0, 0.1) is 17.8 Å². The Morgan fingerprint density at radius 1 is 1.54 bits per heavy atom. The molecule has 74 valence electrons. The Kier molecular flexibility index (Phi) is 2.31. The van der Waals surface area contributed by atoms with Crippen LogP contribution in [0.15, 0.2) is 4.99 Å². The molecule has 0 radical (unpaired) electrons. The number of unbranched alkanes of at least 4 members (excludes halogenated alkanes) is 1. The standard InChI is InChI=1S/C11H20N2/c1-3-4-5-8-10-7(2)6-9(12)13-11(8)10/h7-8,10-11H,3-6H2,1-2H3,(H2,12,13)/t7-,8+,10-,11+/m0/s1. The molecule has 0 aromatic carbocycles. The summed E-state index contributed by atoms with van der Waals surface area (Å²) in [4.78, 5) is 4.54. The van der Waals surface area contributed by atoms with Crippen LogP contribution in [0.1, 0.15) is 39.5 Å². The first kappa shape index (κ1) is 9.04. The molecule has 0 spiro atoms. The third kappa shape index (κ3) is 1.59. The van der Waals surface area contributed by atoms with Crippen LogP contribution in [0.4, 0.5) is 0 Å². The summed E-state index contributed by atoms with van der Waals surface area (Å²) in [6, 6.07) is 0.607.